The van der Waals surface area contributed by atoms with Crippen molar-refractivity contribution in [2.24, 2.45) is 0 Å². The molecule has 8 heteroatoms. The predicted octanol–water partition coefficient (Wildman–Crippen LogP) is 2.61. The Morgan fingerprint density at radius 3 is 2.62 bits per heavy atom. The topological polar surface area (TPSA) is 98.5 Å². The number of rotatable bonds is 8. The van der Waals surface area contributed by atoms with Crippen molar-refractivity contribution in [2.75, 3.05) is 6.61 Å². The number of hydrogen-bond acceptors (Lipinski definition) is 5. The molecule has 0 aliphatic carbocycles. The normalized spacial score (nSPS) is 11.2. The number of para-hydroxylation sites is 1. The van der Waals surface area contributed by atoms with Crippen LogP contribution in [0.1, 0.15) is 18.1 Å². The second kappa shape index (κ2) is 7.89. The van der Waals surface area contributed by atoms with Gasteiger partial charge in [-0.15, -0.1) is 0 Å². The number of nitrogens with zero attached hydrogens (tertiary/aromatic N) is 1. The third-order valence-electron chi connectivity index (χ3n) is 3.23. The van der Waals surface area contributed by atoms with Crippen LogP contribution in [0.3, 0.4) is 0 Å². The molecule has 7 nitrogen and oxygen atoms in total. The summed E-state index contributed by atoms with van der Waals surface area (Å²) in [5.74, 6) is 0.295. The monoisotopic (exact) mass is 350 g/mol. The Morgan fingerprint density at radius 1 is 1.17 bits per heavy atom. The molecule has 0 heterocycles. The van der Waals surface area contributed by atoms with E-state index >= 15 is 0 Å². The van der Waals surface area contributed by atoms with E-state index in [1.807, 2.05) is 13.0 Å². The molecular formula is C16H18N2O5S. The molecule has 0 fully saturated rings. The molecule has 0 amide bonds. The Kier molecular flexibility index (Phi) is 5.88. The molecule has 0 aromatic heterocycles. The van der Waals surface area contributed by atoms with Gasteiger partial charge in [-0.2, -0.15) is 0 Å². The minimum atomic E-state index is -3.64. The van der Waals surface area contributed by atoms with Gasteiger partial charge in [0.05, 0.1) is 17.3 Å². The highest BCUT2D eigenvalue weighted by Crippen LogP contribution is 2.19. The predicted molar refractivity (Wildman–Crippen MR) is 90.2 cm³/mol. The molecule has 0 atom stereocenters. The van der Waals surface area contributed by atoms with Crippen LogP contribution in [0.25, 0.3) is 0 Å². The second-order valence-corrected chi connectivity index (χ2v) is 6.85. The fourth-order valence-corrected chi connectivity index (χ4v) is 3.26. The van der Waals surface area contributed by atoms with Gasteiger partial charge in [0, 0.05) is 24.2 Å². The summed E-state index contributed by atoms with van der Waals surface area (Å²) in [6.45, 7) is 2.42. The summed E-state index contributed by atoms with van der Waals surface area (Å²) >= 11 is 0. The van der Waals surface area contributed by atoms with Crippen molar-refractivity contribution in [3.8, 4) is 5.75 Å². The van der Waals surface area contributed by atoms with Crippen molar-refractivity contribution in [3.63, 3.8) is 0 Å². The maximum atomic E-state index is 12.2. The van der Waals surface area contributed by atoms with Gasteiger partial charge in [-0.3, -0.25) is 10.1 Å². The maximum Gasteiger partial charge on any atom is 0.269 e. The number of ether oxygens (including phenoxy) is 1. The second-order valence-electron chi connectivity index (χ2n) is 5.05. The highest BCUT2D eigenvalue weighted by molar-refractivity contribution is 7.88. The molecule has 0 aliphatic rings. The number of sulfonamides is 1. The van der Waals surface area contributed by atoms with E-state index in [-0.39, 0.29) is 18.0 Å². The highest BCUT2D eigenvalue weighted by atomic mass is 32.2. The molecule has 2 rings (SSSR count). The quantitative estimate of drug-likeness (QED) is 0.583. The van der Waals surface area contributed by atoms with Gasteiger partial charge in [0.25, 0.3) is 5.69 Å². The third-order valence-corrected chi connectivity index (χ3v) is 4.53. The molecule has 0 aliphatic heterocycles. The fourth-order valence-electron chi connectivity index (χ4n) is 2.16. The zero-order valence-electron chi connectivity index (χ0n) is 13.1. The lowest BCUT2D eigenvalue weighted by atomic mass is 10.2. The van der Waals surface area contributed by atoms with Crippen molar-refractivity contribution in [1.82, 2.24) is 4.72 Å². The fraction of sp³-hybridized carbons (Fsp3) is 0.250. The molecule has 2 aromatic carbocycles. The van der Waals surface area contributed by atoms with Gasteiger partial charge >= 0.3 is 0 Å². The largest absolute Gasteiger partial charge is 0.494 e. The van der Waals surface area contributed by atoms with E-state index in [0.717, 1.165) is 5.56 Å². The Balaban J connectivity index is 2.07. The molecular weight excluding hydrogens is 332 g/mol. The first-order valence-electron chi connectivity index (χ1n) is 7.32. The lowest BCUT2D eigenvalue weighted by Gasteiger charge is -2.11. The molecule has 128 valence electrons. The average Bonchev–Trinajstić information content (AvgIpc) is 2.54. The first kappa shape index (κ1) is 17.9. The molecule has 0 saturated heterocycles. The van der Waals surface area contributed by atoms with Crippen LogP contribution in [0.4, 0.5) is 5.69 Å². The van der Waals surface area contributed by atoms with Gasteiger partial charge in [0.1, 0.15) is 5.75 Å². The molecule has 1 N–H and O–H groups in total. The first-order chi connectivity index (χ1) is 11.4. The molecule has 2 aromatic rings. The first-order valence-corrected chi connectivity index (χ1v) is 8.98. The van der Waals surface area contributed by atoms with Crippen molar-refractivity contribution in [3.05, 3.63) is 69.8 Å². The van der Waals surface area contributed by atoms with E-state index in [0.29, 0.717) is 17.9 Å². The van der Waals surface area contributed by atoms with Gasteiger partial charge in [-0.1, -0.05) is 30.3 Å². The van der Waals surface area contributed by atoms with Crippen LogP contribution in [-0.2, 0) is 22.3 Å². The minimum Gasteiger partial charge on any atom is -0.494 e. The van der Waals surface area contributed by atoms with Gasteiger partial charge in [0.2, 0.25) is 10.0 Å². The van der Waals surface area contributed by atoms with Crippen LogP contribution in [0, 0.1) is 10.1 Å². The number of nitrogens with one attached hydrogen (secondary N) is 1. The number of hydrogen-bond donors (Lipinski definition) is 1. The van der Waals surface area contributed by atoms with Crippen LogP contribution in [0.5, 0.6) is 5.75 Å². The number of benzene rings is 2. The van der Waals surface area contributed by atoms with Crippen LogP contribution in [0.2, 0.25) is 0 Å². The SMILES string of the molecule is CCOc1ccccc1CNS(=O)(=O)Cc1cccc([N+](=O)[O-])c1. The average molecular weight is 350 g/mol. The van der Waals surface area contributed by atoms with Gasteiger partial charge in [-0.25, -0.2) is 13.1 Å². The van der Waals surface area contributed by atoms with E-state index in [4.69, 9.17) is 4.74 Å². The molecule has 24 heavy (non-hydrogen) atoms. The Bertz CT molecular complexity index is 821. The van der Waals surface area contributed by atoms with E-state index in [9.17, 15) is 18.5 Å². The Morgan fingerprint density at radius 2 is 1.92 bits per heavy atom. The molecule has 0 spiro atoms. The number of nitro groups is 1. The van der Waals surface area contributed by atoms with Crippen molar-refractivity contribution in [2.45, 2.75) is 19.2 Å². The third kappa shape index (κ3) is 5.04. The van der Waals surface area contributed by atoms with Gasteiger partial charge in [-0.05, 0) is 18.6 Å². The van der Waals surface area contributed by atoms with Gasteiger partial charge in [0.15, 0.2) is 0 Å². The molecule has 0 bridgehead atoms. The number of nitro benzene ring substituents is 1. The van der Waals surface area contributed by atoms with Crippen LogP contribution < -0.4 is 9.46 Å². The summed E-state index contributed by atoms with van der Waals surface area (Å²) in [6.07, 6.45) is 0. The van der Waals surface area contributed by atoms with Gasteiger partial charge < -0.3 is 4.74 Å². The van der Waals surface area contributed by atoms with Crippen molar-refractivity contribution >= 4 is 15.7 Å². The van der Waals surface area contributed by atoms with Crippen molar-refractivity contribution < 1.29 is 18.1 Å². The standard InChI is InChI=1S/C16H18N2O5S/c1-2-23-16-9-4-3-7-14(16)11-17-24(21,22)12-13-6-5-8-15(10-13)18(19)20/h3-10,17H,2,11-12H2,1H3. The smallest absolute Gasteiger partial charge is 0.269 e. The summed E-state index contributed by atoms with van der Waals surface area (Å²) in [6, 6.07) is 12.7. The lowest BCUT2D eigenvalue weighted by molar-refractivity contribution is -0.384. The molecule has 0 saturated carbocycles. The zero-order chi connectivity index (χ0) is 17.6. The zero-order valence-corrected chi connectivity index (χ0v) is 14.0. The number of non-ortho nitro benzene ring substituents is 1. The highest BCUT2D eigenvalue weighted by Gasteiger charge is 2.15. The van der Waals surface area contributed by atoms with E-state index in [2.05, 4.69) is 4.72 Å². The van der Waals surface area contributed by atoms with E-state index in [1.165, 1.54) is 18.2 Å². The van der Waals surface area contributed by atoms with Crippen LogP contribution in [0.15, 0.2) is 48.5 Å². The Labute approximate surface area is 140 Å². The van der Waals surface area contributed by atoms with Crippen LogP contribution in [-0.4, -0.2) is 19.9 Å². The summed E-state index contributed by atoms with van der Waals surface area (Å²) < 4.78 is 32.4. The summed E-state index contributed by atoms with van der Waals surface area (Å²) in [4.78, 5) is 10.2. The van der Waals surface area contributed by atoms with E-state index in [1.54, 1.807) is 24.3 Å². The van der Waals surface area contributed by atoms with E-state index < -0.39 is 14.9 Å². The molecule has 0 radical (unpaired) electrons. The minimum absolute atomic E-state index is 0.0907. The van der Waals surface area contributed by atoms with Crippen LogP contribution >= 0.6 is 0 Å². The molecule has 0 unspecified atom stereocenters. The Hall–Kier alpha value is -2.45. The summed E-state index contributed by atoms with van der Waals surface area (Å²) in [7, 11) is -3.64. The van der Waals surface area contributed by atoms with Crippen molar-refractivity contribution in [1.29, 1.82) is 0 Å². The summed E-state index contributed by atoms with van der Waals surface area (Å²) in [5, 5.41) is 10.8. The maximum absolute atomic E-state index is 12.2. The summed E-state index contributed by atoms with van der Waals surface area (Å²) in [5.41, 5.74) is 0.946. The lowest BCUT2D eigenvalue weighted by Crippen LogP contribution is -2.25.